The van der Waals surface area contributed by atoms with Gasteiger partial charge in [0.25, 0.3) is 0 Å². The molecule has 2 fully saturated rings. The van der Waals surface area contributed by atoms with E-state index in [1.165, 1.54) is 7.11 Å². The second-order valence-corrected chi connectivity index (χ2v) is 5.69. The maximum Gasteiger partial charge on any atom is 0.508 e. The lowest BCUT2D eigenvalue weighted by Crippen LogP contribution is -2.56. The van der Waals surface area contributed by atoms with E-state index in [0.717, 1.165) is 25.7 Å². The fourth-order valence-corrected chi connectivity index (χ4v) is 3.21. The number of amides is 1. The molecule has 2 rings (SSSR count). The second-order valence-electron chi connectivity index (χ2n) is 5.69. The minimum atomic E-state index is -0.773. The summed E-state index contributed by atoms with van der Waals surface area (Å²) in [5.74, 6) is 5.98. The zero-order valence-electron chi connectivity index (χ0n) is 12.9. The molecule has 1 aliphatic heterocycles. The van der Waals surface area contributed by atoms with Crippen LogP contribution in [-0.2, 0) is 19.1 Å². The molecular weight excluding hydrogens is 286 g/mol. The summed E-state index contributed by atoms with van der Waals surface area (Å²) >= 11 is 0. The number of ether oxygens (including phenoxy) is 2. The molecule has 1 amide bonds. The maximum atomic E-state index is 12.2. The van der Waals surface area contributed by atoms with Crippen LogP contribution in [0.5, 0.6) is 0 Å². The van der Waals surface area contributed by atoms with Gasteiger partial charge in [-0.1, -0.05) is 11.8 Å². The molecule has 0 aromatic heterocycles. The summed E-state index contributed by atoms with van der Waals surface area (Å²) in [6.07, 6.45) is 4.14. The van der Waals surface area contributed by atoms with Gasteiger partial charge in [0.15, 0.2) is 6.61 Å². The summed E-state index contributed by atoms with van der Waals surface area (Å²) in [6, 6.07) is 0. The molecule has 1 heterocycles. The van der Waals surface area contributed by atoms with Crippen molar-refractivity contribution in [1.29, 1.82) is 0 Å². The quantitative estimate of drug-likeness (QED) is 0.573. The van der Waals surface area contributed by atoms with Gasteiger partial charge in [0, 0.05) is 24.8 Å². The lowest BCUT2D eigenvalue weighted by molar-refractivity contribution is -0.145. The highest BCUT2D eigenvalue weighted by atomic mass is 16.7. The number of hydrogen-bond acceptors (Lipinski definition) is 5. The number of piperidine rings is 1. The average molecular weight is 307 g/mol. The number of hydrogen-bond donors (Lipinski definition) is 0. The Bertz CT molecular complexity index is 506. The van der Waals surface area contributed by atoms with Crippen molar-refractivity contribution in [1.82, 2.24) is 4.90 Å². The highest BCUT2D eigenvalue weighted by molar-refractivity contribution is 5.82. The van der Waals surface area contributed by atoms with Gasteiger partial charge < -0.3 is 14.4 Å². The van der Waals surface area contributed by atoms with E-state index >= 15 is 0 Å². The van der Waals surface area contributed by atoms with Gasteiger partial charge in [-0.2, -0.15) is 0 Å². The Morgan fingerprint density at radius 1 is 1.18 bits per heavy atom. The molecule has 120 valence electrons. The van der Waals surface area contributed by atoms with Crippen LogP contribution in [0.25, 0.3) is 0 Å². The fourth-order valence-electron chi connectivity index (χ4n) is 3.21. The molecular formula is C16H21NO5. The van der Waals surface area contributed by atoms with E-state index in [-0.39, 0.29) is 23.8 Å². The number of nitrogens with zero attached hydrogens (tertiary/aromatic N) is 1. The molecule has 0 aromatic carbocycles. The molecule has 22 heavy (non-hydrogen) atoms. The lowest BCUT2D eigenvalue weighted by Gasteiger charge is -2.48. The van der Waals surface area contributed by atoms with Crippen LogP contribution in [0.3, 0.4) is 0 Å². The number of likely N-dealkylation sites (tertiary alicyclic amines) is 1. The van der Waals surface area contributed by atoms with Gasteiger partial charge in [-0.3, -0.25) is 9.59 Å². The smallest absolute Gasteiger partial charge is 0.438 e. The van der Waals surface area contributed by atoms with Crippen LogP contribution in [0.1, 0.15) is 44.9 Å². The topological polar surface area (TPSA) is 72.9 Å². The first kappa shape index (κ1) is 16.3. The van der Waals surface area contributed by atoms with E-state index in [0.29, 0.717) is 25.8 Å². The Balaban J connectivity index is 1.96. The first-order valence-corrected chi connectivity index (χ1v) is 7.56. The molecule has 0 bridgehead atoms. The summed E-state index contributed by atoms with van der Waals surface area (Å²) < 4.78 is 9.01. The van der Waals surface area contributed by atoms with Crippen molar-refractivity contribution in [2.24, 2.45) is 0 Å². The molecule has 6 heteroatoms. The summed E-state index contributed by atoms with van der Waals surface area (Å²) in [5.41, 5.74) is -0.207. The molecule has 1 aliphatic carbocycles. The molecule has 0 radical (unpaired) electrons. The van der Waals surface area contributed by atoms with E-state index in [1.807, 2.05) is 4.90 Å². The molecule has 1 spiro atoms. The minimum Gasteiger partial charge on any atom is -0.438 e. The van der Waals surface area contributed by atoms with Crippen LogP contribution in [-0.4, -0.2) is 48.5 Å². The number of ketones is 1. The third kappa shape index (κ3) is 3.79. The zero-order chi connectivity index (χ0) is 16.0. The van der Waals surface area contributed by atoms with Gasteiger partial charge in [-0.05, 0) is 25.7 Å². The Labute approximate surface area is 130 Å². The Morgan fingerprint density at radius 2 is 1.91 bits per heavy atom. The van der Waals surface area contributed by atoms with Crippen molar-refractivity contribution in [2.45, 2.75) is 50.5 Å². The number of carbonyl (C=O) groups is 3. The normalized spacial score (nSPS) is 20.3. The van der Waals surface area contributed by atoms with Gasteiger partial charge >= 0.3 is 6.16 Å². The molecule has 0 atom stereocenters. The Morgan fingerprint density at radius 3 is 2.59 bits per heavy atom. The Hall–Kier alpha value is -2.03. The van der Waals surface area contributed by atoms with Gasteiger partial charge in [0.05, 0.1) is 13.7 Å². The molecule has 0 unspecified atom stereocenters. The molecule has 1 saturated heterocycles. The Kier molecular flexibility index (Phi) is 5.42. The third-order valence-electron chi connectivity index (χ3n) is 4.44. The lowest BCUT2D eigenvalue weighted by atomic mass is 9.74. The summed E-state index contributed by atoms with van der Waals surface area (Å²) in [5, 5.41) is 0. The first-order chi connectivity index (χ1) is 10.6. The highest BCUT2D eigenvalue weighted by Crippen LogP contribution is 2.39. The van der Waals surface area contributed by atoms with Crippen molar-refractivity contribution in [3.63, 3.8) is 0 Å². The van der Waals surface area contributed by atoms with Crippen molar-refractivity contribution >= 4 is 17.8 Å². The maximum absolute atomic E-state index is 12.2. The molecule has 0 aromatic rings. The van der Waals surface area contributed by atoms with Crippen LogP contribution in [0, 0.1) is 11.8 Å². The number of rotatable bonds is 2. The van der Waals surface area contributed by atoms with E-state index < -0.39 is 6.16 Å². The molecule has 1 saturated carbocycles. The second kappa shape index (κ2) is 7.30. The number of Topliss-reactive ketones (excluding diaryl/α,β-unsaturated/α-hetero) is 1. The van der Waals surface area contributed by atoms with E-state index in [4.69, 9.17) is 0 Å². The highest BCUT2D eigenvalue weighted by Gasteiger charge is 2.43. The SMILES string of the molecule is COC(=O)OCC#CCN1C(=O)CCCC12CCC(=O)CC2. The summed E-state index contributed by atoms with van der Waals surface area (Å²) in [4.78, 5) is 36.3. The van der Waals surface area contributed by atoms with Crippen LogP contribution in [0.4, 0.5) is 4.79 Å². The predicted octanol–water partition coefficient (Wildman–Crippen LogP) is 1.67. The van der Waals surface area contributed by atoms with Crippen LogP contribution in [0.2, 0.25) is 0 Å². The number of carbonyl (C=O) groups excluding carboxylic acids is 3. The number of methoxy groups -OCH3 is 1. The van der Waals surface area contributed by atoms with Gasteiger partial charge in [-0.15, -0.1) is 0 Å². The van der Waals surface area contributed by atoms with Gasteiger partial charge in [0.1, 0.15) is 5.78 Å². The van der Waals surface area contributed by atoms with Gasteiger partial charge in [-0.25, -0.2) is 4.79 Å². The largest absolute Gasteiger partial charge is 0.508 e. The third-order valence-corrected chi connectivity index (χ3v) is 4.44. The molecule has 0 N–H and O–H groups in total. The molecule has 6 nitrogen and oxygen atoms in total. The first-order valence-electron chi connectivity index (χ1n) is 7.56. The van der Waals surface area contributed by atoms with Crippen LogP contribution < -0.4 is 0 Å². The van der Waals surface area contributed by atoms with Crippen molar-refractivity contribution in [3.8, 4) is 11.8 Å². The van der Waals surface area contributed by atoms with E-state index in [2.05, 4.69) is 21.3 Å². The van der Waals surface area contributed by atoms with E-state index in [1.54, 1.807) is 0 Å². The van der Waals surface area contributed by atoms with Crippen molar-refractivity contribution in [3.05, 3.63) is 0 Å². The average Bonchev–Trinajstić information content (AvgIpc) is 2.52. The van der Waals surface area contributed by atoms with Crippen molar-refractivity contribution < 1.29 is 23.9 Å². The van der Waals surface area contributed by atoms with E-state index in [9.17, 15) is 14.4 Å². The fraction of sp³-hybridized carbons (Fsp3) is 0.688. The predicted molar refractivity (Wildman–Crippen MR) is 77.9 cm³/mol. The summed E-state index contributed by atoms with van der Waals surface area (Å²) in [6.45, 7) is 0.262. The van der Waals surface area contributed by atoms with Crippen LogP contribution in [0.15, 0.2) is 0 Å². The standard InChI is InChI=1S/C16H21NO5/c1-21-15(20)22-12-3-2-11-17-14(19)5-4-8-16(17)9-6-13(18)7-10-16/h4-12H2,1H3. The molecule has 2 aliphatic rings. The van der Waals surface area contributed by atoms with Crippen molar-refractivity contribution in [2.75, 3.05) is 20.3 Å². The summed E-state index contributed by atoms with van der Waals surface area (Å²) in [7, 11) is 1.23. The minimum absolute atomic E-state index is 0.0554. The monoisotopic (exact) mass is 307 g/mol. The zero-order valence-corrected chi connectivity index (χ0v) is 12.9. The van der Waals surface area contributed by atoms with Crippen LogP contribution >= 0.6 is 0 Å². The van der Waals surface area contributed by atoms with Gasteiger partial charge in [0.2, 0.25) is 5.91 Å².